The van der Waals surface area contributed by atoms with E-state index in [9.17, 15) is 0 Å². The number of hydrogen-bond donors (Lipinski definition) is 2. The molecule has 1 aromatic carbocycles. The van der Waals surface area contributed by atoms with Crippen molar-refractivity contribution < 1.29 is 0 Å². The summed E-state index contributed by atoms with van der Waals surface area (Å²) in [4.78, 5) is 4.68. The van der Waals surface area contributed by atoms with Crippen LogP contribution in [0.5, 0.6) is 0 Å². The first kappa shape index (κ1) is 21.4. The summed E-state index contributed by atoms with van der Waals surface area (Å²) < 4.78 is 1.96. The zero-order valence-electron chi connectivity index (χ0n) is 15.7. The van der Waals surface area contributed by atoms with Crippen LogP contribution in [-0.4, -0.2) is 27.3 Å². The molecular formula is C18H29IN6. The zero-order chi connectivity index (χ0) is 17.5. The third kappa shape index (κ3) is 6.64. The number of nitrogens with one attached hydrogen (secondary N) is 2. The van der Waals surface area contributed by atoms with E-state index in [2.05, 4.69) is 58.7 Å². The second-order valence-corrected chi connectivity index (χ2v) is 6.44. The summed E-state index contributed by atoms with van der Waals surface area (Å²) in [6.07, 6.45) is 0. The Bertz CT molecular complexity index is 665. The van der Waals surface area contributed by atoms with Gasteiger partial charge in [-0.2, -0.15) is 0 Å². The summed E-state index contributed by atoms with van der Waals surface area (Å²) in [6, 6.07) is 10.5. The lowest BCUT2D eigenvalue weighted by molar-refractivity contribution is 0.600. The minimum absolute atomic E-state index is 0. The number of rotatable bonds is 6. The number of guanidine groups is 1. The fourth-order valence-electron chi connectivity index (χ4n) is 2.22. The molecule has 0 aliphatic rings. The van der Waals surface area contributed by atoms with Gasteiger partial charge < -0.3 is 15.2 Å². The molecular weight excluding hydrogens is 427 g/mol. The van der Waals surface area contributed by atoms with Crippen LogP contribution in [0.25, 0.3) is 0 Å². The molecule has 2 N–H and O–H groups in total. The highest BCUT2D eigenvalue weighted by atomic mass is 127. The number of aryl methyl sites for hydroxylation is 1. The van der Waals surface area contributed by atoms with Gasteiger partial charge in [-0.1, -0.05) is 44.2 Å². The molecule has 138 valence electrons. The maximum absolute atomic E-state index is 4.68. The largest absolute Gasteiger partial charge is 0.356 e. The molecule has 0 bridgehead atoms. The Morgan fingerprint density at radius 1 is 1.16 bits per heavy atom. The molecule has 0 saturated carbocycles. The highest BCUT2D eigenvalue weighted by molar-refractivity contribution is 14.0. The van der Waals surface area contributed by atoms with Crippen molar-refractivity contribution in [3.05, 3.63) is 47.5 Å². The van der Waals surface area contributed by atoms with E-state index >= 15 is 0 Å². The minimum Gasteiger partial charge on any atom is -0.356 e. The summed E-state index contributed by atoms with van der Waals surface area (Å²) in [5.41, 5.74) is 1.23. The van der Waals surface area contributed by atoms with Crippen LogP contribution in [0.2, 0.25) is 0 Å². The van der Waals surface area contributed by atoms with Gasteiger partial charge in [0.1, 0.15) is 12.4 Å². The van der Waals surface area contributed by atoms with Gasteiger partial charge in [0, 0.05) is 13.6 Å². The number of hydrogen-bond acceptors (Lipinski definition) is 3. The topological polar surface area (TPSA) is 67.1 Å². The predicted octanol–water partition coefficient (Wildman–Crippen LogP) is 3.19. The first-order chi connectivity index (χ1) is 11.5. The summed E-state index contributed by atoms with van der Waals surface area (Å²) in [6.45, 7) is 9.79. The zero-order valence-corrected chi connectivity index (χ0v) is 18.0. The summed E-state index contributed by atoms with van der Waals surface area (Å²) in [5, 5.41) is 15.1. The van der Waals surface area contributed by atoms with Crippen LogP contribution < -0.4 is 10.6 Å². The lowest BCUT2D eigenvalue weighted by atomic mass is 10.1. The van der Waals surface area contributed by atoms with E-state index in [-0.39, 0.29) is 30.0 Å². The van der Waals surface area contributed by atoms with Crippen molar-refractivity contribution in [2.24, 2.45) is 18.0 Å². The monoisotopic (exact) mass is 456 g/mol. The quantitative estimate of drug-likeness (QED) is 0.398. The second-order valence-electron chi connectivity index (χ2n) is 6.44. The van der Waals surface area contributed by atoms with Gasteiger partial charge in [-0.25, -0.2) is 4.99 Å². The smallest absolute Gasteiger partial charge is 0.192 e. The van der Waals surface area contributed by atoms with E-state index in [1.807, 2.05) is 36.7 Å². The lowest BCUT2D eigenvalue weighted by Crippen LogP contribution is -2.40. The van der Waals surface area contributed by atoms with Crippen LogP contribution in [0.3, 0.4) is 0 Å². The van der Waals surface area contributed by atoms with Crippen LogP contribution in [-0.2, 0) is 13.6 Å². The highest BCUT2D eigenvalue weighted by Crippen LogP contribution is 2.11. The molecule has 2 aromatic rings. The Hall–Kier alpha value is -1.64. The van der Waals surface area contributed by atoms with Crippen LogP contribution >= 0.6 is 24.0 Å². The molecule has 25 heavy (non-hydrogen) atoms. The molecule has 6 nitrogen and oxygen atoms in total. The molecule has 7 heteroatoms. The van der Waals surface area contributed by atoms with Crippen molar-refractivity contribution in [2.45, 2.75) is 40.3 Å². The Morgan fingerprint density at radius 2 is 1.84 bits per heavy atom. The average molecular weight is 456 g/mol. The highest BCUT2D eigenvalue weighted by Gasteiger charge is 2.09. The van der Waals surface area contributed by atoms with Crippen LogP contribution in [0, 0.1) is 12.8 Å². The molecule has 2 rings (SSSR count). The van der Waals surface area contributed by atoms with Gasteiger partial charge in [-0.15, -0.1) is 34.2 Å². The van der Waals surface area contributed by atoms with E-state index < -0.39 is 0 Å². The van der Waals surface area contributed by atoms with Gasteiger partial charge in [0.15, 0.2) is 11.8 Å². The van der Waals surface area contributed by atoms with Crippen molar-refractivity contribution in [3.63, 3.8) is 0 Å². The van der Waals surface area contributed by atoms with E-state index in [4.69, 9.17) is 0 Å². The minimum atomic E-state index is 0. The molecule has 0 saturated heterocycles. The second kappa shape index (κ2) is 10.4. The first-order valence-electron chi connectivity index (χ1n) is 8.42. The van der Waals surface area contributed by atoms with Crippen molar-refractivity contribution in [1.29, 1.82) is 0 Å². The van der Waals surface area contributed by atoms with E-state index in [0.717, 1.165) is 24.2 Å². The first-order valence-corrected chi connectivity index (χ1v) is 8.42. The maximum Gasteiger partial charge on any atom is 0.192 e. The molecule has 1 heterocycles. The normalized spacial score (nSPS) is 12.6. The van der Waals surface area contributed by atoms with Crippen molar-refractivity contribution in [3.8, 4) is 0 Å². The molecule has 0 aliphatic heterocycles. The van der Waals surface area contributed by atoms with Crippen molar-refractivity contribution in [1.82, 2.24) is 25.4 Å². The third-order valence-electron chi connectivity index (χ3n) is 3.89. The number of benzene rings is 1. The van der Waals surface area contributed by atoms with Crippen molar-refractivity contribution in [2.75, 3.05) is 6.54 Å². The number of aromatic nitrogens is 3. The fourth-order valence-corrected chi connectivity index (χ4v) is 2.22. The molecule has 0 fully saturated rings. The summed E-state index contributed by atoms with van der Waals surface area (Å²) >= 11 is 0. The van der Waals surface area contributed by atoms with E-state index in [1.165, 1.54) is 5.56 Å². The molecule has 1 atom stereocenters. The molecule has 0 radical (unpaired) electrons. The molecule has 1 aromatic heterocycles. The fraction of sp³-hybridized carbons (Fsp3) is 0.500. The Labute approximate surface area is 167 Å². The molecule has 1 unspecified atom stereocenters. The van der Waals surface area contributed by atoms with E-state index in [1.54, 1.807) is 0 Å². The van der Waals surface area contributed by atoms with Gasteiger partial charge in [-0.05, 0) is 25.3 Å². The van der Waals surface area contributed by atoms with Crippen molar-refractivity contribution >= 4 is 29.9 Å². The van der Waals surface area contributed by atoms with Crippen LogP contribution in [0.1, 0.15) is 44.0 Å². The van der Waals surface area contributed by atoms with Gasteiger partial charge in [-0.3, -0.25) is 0 Å². The molecule has 0 spiro atoms. The Morgan fingerprint density at radius 3 is 2.40 bits per heavy atom. The standard InChI is InChI=1S/C18H28N6.HI/c1-13(2)11-19-18(20-12-17-23-22-15(4)24(17)5)21-14(3)16-9-7-6-8-10-16;/h6-10,13-14H,11-12H2,1-5H3,(H2,19,20,21);1H. The van der Waals surface area contributed by atoms with Gasteiger partial charge in [0.2, 0.25) is 0 Å². The predicted molar refractivity (Wildman–Crippen MR) is 113 cm³/mol. The average Bonchev–Trinajstić information content (AvgIpc) is 2.89. The van der Waals surface area contributed by atoms with Crippen LogP contribution in [0.15, 0.2) is 35.3 Å². The van der Waals surface area contributed by atoms with Gasteiger partial charge >= 0.3 is 0 Å². The Kier molecular flexibility index (Phi) is 8.88. The summed E-state index contributed by atoms with van der Waals surface area (Å²) in [5.74, 6) is 3.08. The molecule has 0 amide bonds. The third-order valence-corrected chi connectivity index (χ3v) is 3.89. The molecule has 0 aliphatic carbocycles. The van der Waals surface area contributed by atoms with Crippen LogP contribution in [0.4, 0.5) is 0 Å². The number of nitrogens with zero attached hydrogens (tertiary/aromatic N) is 4. The Balaban J connectivity index is 0.00000312. The summed E-state index contributed by atoms with van der Waals surface area (Å²) in [7, 11) is 1.96. The maximum atomic E-state index is 4.68. The number of aliphatic imine (C=N–C) groups is 1. The van der Waals surface area contributed by atoms with E-state index in [0.29, 0.717) is 12.5 Å². The SMILES string of the molecule is Cc1nnc(CN=C(NCC(C)C)NC(C)c2ccccc2)n1C.I. The lowest BCUT2D eigenvalue weighted by Gasteiger charge is -2.19. The van der Waals surface area contributed by atoms with Gasteiger partial charge in [0.25, 0.3) is 0 Å². The number of halogens is 1. The van der Waals surface area contributed by atoms with Gasteiger partial charge in [0.05, 0.1) is 6.04 Å².